The molecule has 1 rings (SSSR count). The van der Waals surface area contributed by atoms with Gasteiger partial charge in [0.25, 0.3) is 6.47 Å². The van der Waals surface area contributed by atoms with Crippen LogP contribution >= 0.6 is 0 Å². The van der Waals surface area contributed by atoms with Crippen molar-refractivity contribution in [3.8, 4) is 0 Å². The van der Waals surface area contributed by atoms with Crippen LogP contribution in [0.4, 0.5) is 5.82 Å². The molecule has 11 heavy (non-hydrogen) atoms. The van der Waals surface area contributed by atoms with Gasteiger partial charge in [-0.25, -0.2) is 0 Å². The minimum atomic E-state index is -0.250. The molecule has 0 unspecified atom stereocenters. The fourth-order valence-corrected chi connectivity index (χ4v) is 0.400. The number of aromatic amines is 1. The maximum atomic E-state index is 9.71. The summed E-state index contributed by atoms with van der Waals surface area (Å²) in [7, 11) is 0. The highest BCUT2D eigenvalue weighted by molar-refractivity contribution is 5.68. The van der Waals surface area contributed by atoms with Crippen LogP contribution in [0.1, 0.15) is 0 Å². The van der Waals surface area contributed by atoms with E-state index in [1.807, 2.05) is 0 Å². The average molecular weight is 157 g/mol. The zero-order chi connectivity index (χ0) is 8.53. The molecule has 6 nitrogen and oxygen atoms in total. The predicted molar refractivity (Wildman–Crippen MR) is 37.0 cm³/mol. The fourth-order valence-electron chi connectivity index (χ4n) is 0.400. The summed E-state index contributed by atoms with van der Waals surface area (Å²) in [6, 6.07) is 1.66. The van der Waals surface area contributed by atoms with Crippen molar-refractivity contribution in [3.63, 3.8) is 0 Å². The van der Waals surface area contributed by atoms with Gasteiger partial charge in [0.1, 0.15) is 5.82 Å². The van der Waals surface area contributed by atoms with Gasteiger partial charge in [0.15, 0.2) is 0 Å². The normalized spacial score (nSPS) is 7.27. The number of aromatic nitrogens is 2. The van der Waals surface area contributed by atoms with Gasteiger partial charge in [0.2, 0.25) is 6.41 Å². The third-order valence-electron chi connectivity index (χ3n) is 0.715. The number of amides is 1. The number of H-pyrrole nitrogens is 1. The third-order valence-corrected chi connectivity index (χ3v) is 0.715. The van der Waals surface area contributed by atoms with Crippen LogP contribution in [-0.4, -0.2) is 28.2 Å². The first-order valence-electron chi connectivity index (χ1n) is 2.62. The highest BCUT2D eigenvalue weighted by Gasteiger charge is 1.84. The van der Waals surface area contributed by atoms with Crippen molar-refractivity contribution in [2.24, 2.45) is 0 Å². The number of nitrogens with zero attached hydrogens (tertiary/aromatic N) is 1. The van der Waals surface area contributed by atoms with E-state index < -0.39 is 0 Å². The van der Waals surface area contributed by atoms with Crippen molar-refractivity contribution in [3.05, 3.63) is 12.3 Å². The van der Waals surface area contributed by atoms with E-state index in [9.17, 15) is 4.79 Å². The van der Waals surface area contributed by atoms with Crippen LogP contribution in [0.2, 0.25) is 0 Å². The minimum Gasteiger partial charge on any atom is -0.483 e. The van der Waals surface area contributed by atoms with Gasteiger partial charge in [-0.05, 0) is 0 Å². The quantitative estimate of drug-likeness (QED) is 0.512. The first-order valence-corrected chi connectivity index (χ1v) is 2.62. The summed E-state index contributed by atoms with van der Waals surface area (Å²) < 4.78 is 0. The smallest absolute Gasteiger partial charge is 0.290 e. The zero-order valence-corrected chi connectivity index (χ0v) is 5.52. The molecule has 1 aromatic rings. The van der Waals surface area contributed by atoms with E-state index in [2.05, 4.69) is 15.5 Å². The van der Waals surface area contributed by atoms with Gasteiger partial charge < -0.3 is 10.4 Å². The highest BCUT2D eigenvalue weighted by atomic mass is 16.3. The Balaban J connectivity index is 0.000000292. The summed E-state index contributed by atoms with van der Waals surface area (Å²) in [5.41, 5.74) is 0. The third kappa shape index (κ3) is 4.64. The highest BCUT2D eigenvalue weighted by Crippen LogP contribution is 1.93. The Morgan fingerprint density at radius 2 is 2.27 bits per heavy atom. The van der Waals surface area contributed by atoms with Crippen LogP contribution in [0.3, 0.4) is 0 Å². The lowest BCUT2D eigenvalue weighted by atomic mass is 10.6. The molecule has 0 aliphatic carbocycles. The van der Waals surface area contributed by atoms with Crippen LogP contribution in [-0.2, 0) is 9.59 Å². The molecule has 0 radical (unpaired) electrons. The second-order valence-corrected chi connectivity index (χ2v) is 1.34. The van der Waals surface area contributed by atoms with Gasteiger partial charge in [-0.2, -0.15) is 5.10 Å². The molecule has 0 saturated heterocycles. The molecule has 0 aliphatic rings. The standard InChI is InChI=1S/C4H5N3O.CH2O2/c8-3-5-4-1-2-6-7-4;2-1-3/h1-3H,(H2,5,6,7,8);1H,(H,2,3). The average Bonchev–Trinajstić information content (AvgIpc) is 2.42. The topological polar surface area (TPSA) is 95.1 Å². The van der Waals surface area contributed by atoms with E-state index in [-0.39, 0.29) is 6.47 Å². The van der Waals surface area contributed by atoms with E-state index >= 15 is 0 Å². The summed E-state index contributed by atoms with van der Waals surface area (Å²) >= 11 is 0. The number of hydrogen-bond acceptors (Lipinski definition) is 3. The second kappa shape index (κ2) is 6.27. The van der Waals surface area contributed by atoms with Crippen molar-refractivity contribution in [2.45, 2.75) is 0 Å². The first kappa shape index (κ1) is 9.15. The van der Waals surface area contributed by atoms with Gasteiger partial charge in [-0.1, -0.05) is 0 Å². The van der Waals surface area contributed by atoms with Gasteiger partial charge >= 0.3 is 0 Å². The number of carboxylic acid groups (broad SMARTS) is 1. The number of hydrogen-bond donors (Lipinski definition) is 3. The van der Waals surface area contributed by atoms with E-state index in [1.54, 1.807) is 12.3 Å². The largest absolute Gasteiger partial charge is 0.483 e. The number of rotatable bonds is 2. The number of carbonyl (C=O) groups excluding carboxylic acids is 1. The first-order chi connectivity index (χ1) is 5.35. The van der Waals surface area contributed by atoms with Crippen LogP contribution in [0, 0.1) is 0 Å². The molecule has 0 fully saturated rings. The summed E-state index contributed by atoms with van der Waals surface area (Å²) in [6.45, 7) is -0.250. The lowest BCUT2D eigenvalue weighted by Crippen LogP contribution is -1.92. The second-order valence-electron chi connectivity index (χ2n) is 1.34. The number of carbonyl (C=O) groups is 2. The van der Waals surface area contributed by atoms with Crippen LogP contribution < -0.4 is 5.32 Å². The molecule has 1 aromatic heterocycles. The Bertz CT molecular complexity index is 197. The lowest BCUT2D eigenvalue weighted by Gasteiger charge is -1.85. The molecular formula is C5H7N3O3. The Kier molecular flexibility index (Phi) is 5.22. The SMILES string of the molecule is O=CNc1ccn[nH]1.O=CO. The summed E-state index contributed by atoms with van der Waals surface area (Å²) in [5.74, 6) is 0.611. The van der Waals surface area contributed by atoms with E-state index in [0.29, 0.717) is 12.2 Å². The van der Waals surface area contributed by atoms with Crippen molar-refractivity contribution in [2.75, 3.05) is 5.32 Å². The predicted octanol–water partition coefficient (Wildman–Crippen LogP) is -0.321. The Morgan fingerprint density at radius 3 is 2.64 bits per heavy atom. The van der Waals surface area contributed by atoms with E-state index in [1.165, 1.54) is 0 Å². The molecule has 0 bridgehead atoms. The molecule has 60 valence electrons. The Labute approximate surface area is 62.2 Å². The van der Waals surface area contributed by atoms with Crippen molar-refractivity contribution in [1.29, 1.82) is 0 Å². The van der Waals surface area contributed by atoms with Crippen LogP contribution in [0.25, 0.3) is 0 Å². The molecular weight excluding hydrogens is 150 g/mol. The van der Waals surface area contributed by atoms with Crippen molar-refractivity contribution < 1.29 is 14.7 Å². The molecule has 1 heterocycles. The van der Waals surface area contributed by atoms with Crippen molar-refractivity contribution >= 4 is 18.7 Å². The lowest BCUT2D eigenvalue weighted by molar-refractivity contribution is -0.122. The number of nitrogens with one attached hydrogen (secondary N) is 2. The van der Waals surface area contributed by atoms with Crippen LogP contribution in [0.5, 0.6) is 0 Å². The maximum Gasteiger partial charge on any atom is 0.290 e. The molecule has 6 heteroatoms. The van der Waals surface area contributed by atoms with Crippen molar-refractivity contribution in [1.82, 2.24) is 10.2 Å². The number of anilines is 1. The minimum absolute atomic E-state index is 0.250. The fraction of sp³-hybridized carbons (Fsp3) is 0. The molecule has 1 amide bonds. The zero-order valence-electron chi connectivity index (χ0n) is 5.52. The molecule has 0 spiro atoms. The molecule has 0 saturated carbocycles. The van der Waals surface area contributed by atoms with E-state index in [4.69, 9.17) is 9.90 Å². The van der Waals surface area contributed by atoms with Gasteiger partial charge in [0.05, 0.1) is 6.20 Å². The molecule has 3 N–H and O–H groups in total. The monoisotopic (exact) mass is 157 g/mol. The summed E-state index contributed by atoms with van der Waals surface area (Å²) in [6.07, 6.45) is 2.15. The van der Waals surface area contributed by atoms with Crippen LogP contribution in [0.15, 0.2) is 12.3 Å². The molecule has 0 aromatic carbocycles. The van der Waals surface area contributed by atoms with E-state index in [0.717, 1.165) is 0 Å². The summed E-state index contributed by atoms with van der Waals surface area (Å²) in [4.78, 5) is 18.1. The maximum absolute atomic E-state index is 9.71. The summed E-state index contributed by atoms with van der Waals surface area (Å²) in [5, 5.41) is 15.4. The van der Waals surface area contributed by atoms with Gasteiger partial charge in [-0.15, -0.1) is 0 Å². The molecule has 0 aliphatic heterocycles. The van der Waals surface area contributed by atoms with Gasteiger partial charge in [-0.3, -0.25) is 14.7 Å². The molecule has 0 atom stereocenters. The Morgan fingerprint density at radius 1 is 1.64 bits per heavy atom. The van der Waals surface area contributed by atoms with Gasteiger partial charge in [0, 0.05) is 6.07 Å². The Hall–Kier alpha value is -1.85.